The molecule has 3 rings (SSSR count). The Morgan fingerprint density at radius 2 is 1.92 bits per heavy atom. The summed E-state index contributed by atoms with van der Waals surface area (Å²) in [5.41, 5.74) is 1.94. The van der Waals surface area contributed by atoms with Gasteiger partial charge in [-0.25, -0.2) is 13.8 Å². The van der Waals surface area contributed by atoms with Gasteiger partial charge in [0.05, 0.1) is 12.6 Å². The van der Waals surface area contributed by atoms with E-state index in [4.69, 9.17) is 11.6 Å². The van der Waals surface area contributed by atoms with Crippen LogP contribution in [0.4, 0.5) is 13.2 Å². The topological polar surface area (TPSA) is 42.4 Å². The Kier molecular flexibility index (Phi) is 4.84. The van der Waals surface area contributed by atoms with Crippen molar-refractivity contribution in [2.24, 2.45) is 0 Å². The van der Waals surface area contributed by atoms with Gasteiger partial charge in [0, 0.05) is 24.2 Å². The maximum Gasteiger partial charge on any atom is 0.306 e. The molecule has 1 aliphatic heterocycles. The van der Waals surface area contributed by atoms with E-state index in [2.05, 4.69) is 9.72 Å². The van der Waals surface area contributed by atoms with E-state index in [-0.39, 0.29) is 17.7 Å². The summed E-state index contributed by atoms with van der Waals surface area (Å²) in [5, 5.41) is 0.295. The van der Waals surface area contributed by atoms with Gasteiger partial charge in [-0.1, -0.05) is 23.7 Å². The third-order valence-corrected chi connectivity index (χ3v) is 4.69. The molecule has 2 atom stereocenters. The Hall–Kier alpha value is -2.28. The summed E-state index contributed by atoms with van der Waals surface area (Å²) >= 11 is 6.06. The van der Waals surface area contributed by atoms with Crippen molar-refractivity contribution in [3.63, 3.8) is 0 Å². The number of benzene rings is 1. The van der Waals surface area contributed by atoms with Crippen LogP contribution in [0, 0.1) is 0 Å². The van der Waals surface area contributed by atoms with E-state index in [1.54, 1.807) is 23.1 Å². The number of carbonyl (C=O) groups excluding carboxylic acids is 1. The van der Waals surface area contributed by atoms with Crippen molar-refractivity contribution in [1.82, 2.24) is 9.88 Å². The fourth-order valence-electron chi connectivity index (χ4n) is 2.80. The molecule has 8 heteroatoms. The number of amides is 1. The average Bonchev–Trinajstić information content (AvgIpc) is 2.93. The van der Waals surface area contributed by atoms with Gasteiger partial charge in [0.2, 0.25) is 0 Å². The number of aromatic nitrogens is 1. The molecule has 1 amide bonds. The highest BCUT2D eigenvalue weighted by molar-refractivity contribution is 6.30. The van der Waals surface area contributed by atoms with Gasteiger partial charge in [0.15, 0.2) is 0 Å². The molecule has 1 aromatic carbocycles. The Labute approximate surface area is 153 Å². The lowest BCUT2D eigenvalue weighted by Crippen LogP contribution is -2.35. The lowest BCUT2D eigenvalue weighted by Gasteiger charge is -2.25. The standard InChI is InChI=1S/C18H16ClF3N2O2/c1-10(24-9-14-13(16(24)25)7-8-23-15(14)19)11-3-5-12(6-4-11)26-18(2,22)17(20)21/h3-8,10,17H,9H2,1-2H3/t10?,18-/m1/s1. The molecule has 4 nitrogen and oxygen atoms in total. The number of nitrogens with zero attached hydrogens (tertiary/aromatic N) is 2. The molecule has 2 heterocycles. The highest BCUT2D eigenvalue weighted by Crippen LogP contribution is 2.34. The number of carbonyl (C=O) groups is 1. The number of alkyl halides is 3. The van der Waals surface area contributed by atoms with Gasteiger partial charge in [-0.15, -0.1) is 0 Å². The summed E-state index contributed by atoms with van der Waals surface area (Å²) in [5.74, 6) is -3.25. The highest BCUT2D eigenvalue weighted by Gasteiger charge is 2.37. The van der Waals surface area contributed by atoms with Crippen LogP contribution in [0.15, 0.2) is 36.5 Å². The molecule has 0 fully saturated rings. The zero-order valence-corrected chi connectivity index (χ0v) is 14.8. The van der Waals surface area contributed by atoms with Crippen molar-refractivity contribution < 1.29 is 22.7 Å². The summed E-state index contributed by atoms with van der Waals surface area (Å²) in [7, 11) is 0. The van der Waals surface area contributed by atoms with Crippen LogP contribution in [0.2, 0.25) is 5.15 Å². The average molecular weight is 385 g/mol. The molecule has 0 bridgehead atoms. The van der Waals surface area contributed by atoms with Gasteiger partial charge in [-0.3, -0.25) is 4.79 Å². The van der Waals surface area contributed by atoms with Crippen LogP contribution in [0.5, 0.6) is 5.75 Å². The van der Waals surface area contributed by atoms with E-state index >= 15 is 0 Å². The predicted octanol–water partition coefficient (Wildman–Crippen LogP) is 4.78. The Bertz CT molecular complexity index is 828. The fraction of sp³-hybridized carbons (Fsp3) is 0.333. The zero-order valence-electron chi connectivity index (χ0n) is 14.0. The Morgan fingerprint density at radius 1 is 1.27 bits per heavy atom. The SMILES string of the molecule is CC(c1ccc(O[C@@](C)(F)C(F)F)cc1)N1Cc2c(ccnc2Cl)C1=O. The molecule has 1 aliphatic rings. The molecular weight excluding hydrogens is 369 g/mol. The number of rotatable bonds is 5. The molecule has 138 valence electrons. The van der Waals surface area contributed by atoms with Gasteiger partial charge in [0.25, 0.3) is 5.91 Å². The monoisotopic (exact) mass is 384 g/mol. The number of halogens is 4. The minimum absolute atomic E-state index is 0.0190. The third-order valence-electron chi connectivity index (χ3n) is 4.36. The van der Waals surface area contributed by atoms with Crippen LogP contribution in [-0.2, 0) is 6.54 Å². The second-order valence-electron chi connectivity index (χ2n) is 6.19. The van der Waals surface area contributed by atoms with Crippen LogP contribution in [0.3, 0.4) is 0 Å². The Balaban J connectivity index is 1.76. The molecule has 2 aromatic rings. The van der Waals surface area contributed by atoms with Gasteiger partial charge >= 0.3 is 12.3 Å². The summed E-state index contributed by atoms with van der Waals surface area (Å²) in [6, 6.07) is 7.34. The molecule has 1 aromatic heterocycles. The van der Waals surface area contributed by atoms with Crippen molar-refractivity contribution in [3.8, 4) is 5.75 Å². The molecular formula is C18H16ClF3N2O2. The first-order valence-electron chi connectivity index (χ1n) is 7.91. The minimum Gasteiger partial charge on any atom is -0.453 e. The first kappa shape index (κ1) is 18.5. The molecule has 0 saturated heterocycles. The van der Waals surface area contributed by atoms with Crippen LogP contribution >= 0.6 is 11.6 Å². The second kappa shape index (κ2) is 6.79. The van der Waals surface area contributed by atoms with Crippen LogP contribution in [0.1, 0.15) is 41.4 Å². The first-order valence-corrected chi connectivity index (χ1v) is 8.29. The van der Waals surface area contributed by atoms with E-state index in [0.717, 1.165) is 5.56 Å². The summed E-state index contributed by atoms with van der Waals surface area (Å²) in [6.45, 7) is 2.83. The van der Waals surface area contributed by atoms with Crippen molar-refractivity contribution in [1.29, 1.82) is 0 Å². The lowest BCUT2D eigenvalue weighted by molar-refractivity contribution is -0.152. The molecule has 0 radical (unpaired) electrons. The first-order chi connectivity index (χ1) is 12.2. The van der Waals surface area contributed by atoms with E-state index < -0.39 is 12.3 Å². The van der Waals surface area contributed by atoms with Crippen molar-refractivity contribution in [2.75, 3.05) is 0 Å². The number of pyridine rings is 1. The van der Waals surface area contributed by atoms with Gasteiger partial charge in [0.1, 0.15) is 10.9 Å². The summed E-state index contributed by atoms with van der Waals surface area (Å²) in [4.78, 5) is 18.2. The van der Waals surface area contributed by atoms with E-state index in [0.29, 0.717) is 29.7 Å². The molecule has 0 saturated carbocycles. The lowest BCUT2D eigenvalue weighted by atomic mass is 10.1. The maximum atomic E-state index is 13.6. The van der Waals surface area contributed by atoms with Gasteiger partial charge in [-0.05, 0) is 30.7 Å². The van der Waals surface area contributed by atoms with Gasteiger partial charge < -0.3 is 9.64 Å². The van der Waals surface area contributed by atoms with Crippen LogP contribution in [-0.4, -0.2) is 28.1 Å². The second-order valence-corrected chi connectivity index (χ2v) is 6.55. The van der Waals surface area contributed by atoms with Crippen molar-refractivity contribution in [2.45, 2.75) is 38.7 Å². The summed E-state index contributed by atoms with van der Waals surface area (Å²) in [6.07, 6.45) is -1.78. The van der Waals surface area contributed by atoms with E-state index in [1.807, 2.05) is 6.92 Å². The number of hydrogen-bond donors (Lipinski definition) is 0. The molecule has 0 spiro atoms. The largest absolute Gasteiger partial charge is 0.453 e. The minimum atomic E-state index is -3.26. The van der Waals surface area contributed by atoms with E-state index in [1.165, 1.54) is 18.3 Å². The number of hydrogen-bond acceptors (Lipinski definition) is 3. The molecule has 26 heavy (non-hydrogen) atoms. The van der Waals surface area contributed by atoms with Crippen LogP contribution in [0.25, 0.3) is 0 Å². The maximum absolute atomic E-state index is 13.6. The number of ether oxygens (including phenoxy) is 1. The summed E-state index contributed by atoms with van der Waals surface area (Å²) < 4.78 is 43.4. The third kappa shape index (κ3) is 3.35. The molecule has 1 unspecified atom stereocenters. The van der Waals surface area contributed by atoms with Crippen LogP contribution < -0.4 is 4.74 Å². The molecule has 0 N–H and O–H groups in total. The van der Waals surface area contributed by atoms with Crippen molar-refractivity contribution in [3.05, 3.63) is 58.4 Å². The van der Waals surface area contributed by atoms with Crippen molar-refractivity contribution >= 4 is 17.5 Å². The normalized spacial score (nSPS) is 17.2. The van der Waals surface area contributed by atoms with E-state index in [9.17, 15) is 18.0 Å². The number of fused-ring (bicyclic) bond motifs is 1. The van der Waals surface area contributed by atoms with Gasteiger partial charge in [-0.2, -0.15) is 4.39 Å². The highest BCUT2D eigenvalue weighted by atomic mass is 35.5. The fourth-order valence-corrected chi connectivity index (χ4v) is 3.01. The Morgan fingerprint density at radius 3 is 2.50 bits per heavy atom. The predicted molar refractivity (Wildman–Crippen MR) is 90.1 cm³/mol. The quantitative estimate of drug-likeness (QED) is 0.696. The smallest absolute Gasteiger partial charge is 0.306 e. The zero-order chi connectivity index (χ0) is 19.1. The molecule has 0 aliphatic carbocycles.